The number of hydrogen-bond acceptors (Lipinski definition) is 8. The maximum absolute atomic E-state index is 8.53. The maximum atomic E-state index is 8.53. The van der Waals surface area contributed by atoms with E-state index in [0.717, 1.165) is 11.8 Å². The van der Waals surface area contributed by atoms with Gasteiger partial charge >= 0.3 is 0 Å². The summed E-state index contributed by atoms with van der Waals surface area (Å²) < 4.78 is 5.16. The molecule has 9 heteroatoms. The highest BCUT2D eigenvalue weighted by Gasteiger charge is 2.09. The summed E-state index contributed by atoms with van der Waals surface area (Å²) in [4.78, 5) is 8.05. The quantitative estimate of drug-likeness (QED) is 0.265. The number of aryl methyl sites for hydroxylation is 1. The first-order chi connectivity index (χ1) is 8.19. The van der Waals surface area contributed by atoms with Gasteiger partial charge in [-0.3, -0.25) is 0 Å². The SMILES string of the molecule is Cc1nnc(Sc2nccc(/C(N)=N/O)n2)o1. The zero-order valence-corrected chi connectivity index (χ0v) is 9.55. The van der Waals surface area contributed by atoms with Crippen LogP contribution in [-0.4, -0.2) is 31.2 Å². The monoisotopic (exact) mass is 252 g/mol. The summed E-state index contributed by atoms with van der Waals surface area (Å²) in [6.07, 6.45) is 1.49. The van der Waals surface area contributed by atoms with Crippen LogP contribution in [0.2, 0.25) is 0 Å². The van der Waals surface area contributed by atoms with E-state index in [1.165, 1.54) is 12.3 Å². The van der Waals surface area contributed by atoms with Crippen LogP contribution in [0.5, 0.6) is 0 Å². The molecule has 0 aliphatic heterocycles. The highest BCUT2D eigenvalue weighted by atomic mass is 32.2. The van der Waals surface area contributed by atoms with Gasteiger partial charge in [0.1, 0.15) is 5.69 Å². The van der Waals surface area contributed by atoms with Crippen LogP contribution in [0.25, 0.3) is 0 Å². The van der Waals surface area contributed by atoms with E-state index in [1.54, 1.807) is 6.92 Å². The lowest BCUT2D eigenvalue weighted by Gasteiger charge is -1.99. The minimum absolute atomic E-state index is 0.0871. The molecular weight excluding hydrogens is 244 g/mol. The van der Waals surface area contributed by atoms with Crippen molar-refractivity contribution in [3.63, 3.8) is 0 Å². The molecule has 88 valence electrons. The van der Waals surface area contributed by atoms with Gasteiger partial charge in [-0.05, 0) is 6.07 Å². The van der Waals surface area contributed by atoms with Gasteiger partial charge in [-0.15, -0.1) is 10.2 Å². The third-order valence-electron chi connectivity index (χ3n) is 1.69. The minimum atomic E-state index is -0.0871. The van der Waals surface area contributed by atoms with Crippen LogP contribution >= 0.6 is 11.8 Å². The van der Waals surface area contributed by atoms with Gasteiger partial charge < -0.3 is 15.4 Å². The molecule has 17 heavy (non-hydrogen) atoms. The van der Waals surface area contributed by atoms with Gasteiger partial charge in [0, 0.05) is 24.9 Å². The highest BCUT2D eigenvalue weighted by molar-refractivity contribution is 7.98. The average Bonchev–Trinajstić information content (AvgIpc) is 2.74. The number of nitrogens with zero attached hydrogens (tertiary/aromatic N) is 5. The molecule has 0 saturated heterocycles. The number of rotatable bonds is 3. The molecular formula is C8H8N6O2S. The summed E-state index contributed by atoms with van der Waals surface area (Å²) in [5.41, 5.74) is 5.73. The lowest BCUT2D eigenvalue weighted by Crippen LogP contribution is -2.15. The maximum Gasteiger partial charge on any atom is 0.284 e. The summed E-state index contributed by atoms with van der Waals surface area (Å²) in [5.74, 6) is 0.371. The lowest BCUT2D eigenvalue weighted by molar-refractivity contribution is 0.318. The molecule has 2 aromatic heterocycles. The molecule has 0 aliphatic rings. The predicted molar refractivity (Wildman–Crippen MR) is 57.7 cm³/mol. The zero-order valence-electron chi connectivity index (χ0n) is 8.73. The van der Waals surface area contributed by atoms with E-state index in [0.29, 0.717) is 22.0 Å². The molecule has 0 fully saturated rings. The third kappa shape index (κ3) is 2.69. The number of oxime groups is 1. The van der Waals surface area contributed by atoms with Crippen molar-refractivity contribution in [3.05, 3.63) is 23.8 Å². The van der Waals surface area contributed by atoms with E-state index in [-0.39, 0.29) is 5.84 Å². The fourth-order valence-electron chi connectivity index (χ4n) is 0.982. The summed E-state index contributed by atoms with van der Waals surface area (Å²) in [7, 11) is 0. The molecule has 0 saturated carbocycles. The molecule has 2 aromatic rings. The van der Waals surface area contributed by atoms with Gasteiger partial charge in [-0.25, -0.2) is 9.97 Å². The summed E-state index contributed by atoms with van der Waals surface area (Å²) in [6.45, 7) is 1.69. The number of aromatic nitrogens is 4. The van der Waals surface area contributed by atoms with Crippen molar-refractivity contribution < 1.29 is 9.62 Å². The van der Waals surface area contributed by atoms with Crippen molar-refractivity contribution in [2.75, 3.05) is 0 Å². The average molecular weight is 252 g/mol. The summed E-state index contributed by atoms with van der Waals surface area (Å²) in [6, 6.07) is 1.53. The Morgan fingerprint density at radius 3 is 3.00 bits per heavy atom. The van der Waals surface area contributed by atoms with E-state index in [2.05, 4.69) is 25.3 Å². The molecule has 0 spiro atoms. The van der Waals surface area contributed by atoms with Crippen LogP contribution in [0.4, 0.5) is 0 Å². The largest absolute Gasteiger partial charge is 0.416 e. The molecule has 0 amide bonds. The second-order valence-corrected chi connectivity index (χ2v) is 3.82. The lowest BCUT2D eigenvalue weighted by atomic mass is 10.4. The van der Waals surface area contributed by atoms with Gasteiger partial charge in [-0.2, -0.15) is 0 Å². The first-order valence-corrected chi connectivity index (χ1v) is 5.29. The van der Waals surface area contributed by atoms with Crippen LogP contribution in [-0.2, 0) is 0 Å². The predicted octanol–water partition coefficient (Wildman–Crippen LogP) is 0.414. The Labute approximate surface area is 100.0 Å². The molecule has 0 atom stereocenters. The number of nitrogens with two attached hydrogens (primary N) is 1. The molecule has 0 aliphatic carbocycles. The molecule has 2 rings (SSSR count). The topological polar surface area (TPSA) is 123 Å². The van der Waals surface area contributed by atoms with E-state index >= 15 is 0 Å². The zero-order chi connectivity index (χ0) is 12.3. The Bertz CT molecular complexity index is 554. The van der Waals surface area contributed by atoms with E-state index in [9.17, 15) is 0 Å². The number of amidine groups is 1. The van der Waals surface area contributed by atoms with Crippen LogP contribution in [0.15, 0.2) is 32.2 Å². The van der Waals surface area contributed by atoms with Gasteiger partial charge in [0.25, 0.3) is 5.22 Å². The summed E-state index contributed by atoms with van der Waals surface area (Å²) in [5, 5.41) is 19.6. The van der Waals surface area contributed by atoms with Gasteiger partial charge in [-0.1, -0.05) is 5.16 Å². The molecule has 0 radical (unpaired) electrons. The first kappa shape index (κ1) is 11.3. The van der Waals surface area contributed by atoms with Crippen LogP contribution in [0.3, 0.4) is 0 Å². The van der Waals surface area contributed by atoms with E-state index in [4.69, 9.17) is 15.4 Å². The normalized spacial score (nSPS) is 11.7. The van der Waals surface area contributed by atoms with Gasteiger partial charge in [0.15, 0.2) is 11.0 Å². The molecule has 0 unspecified atom stereocenters. The Morgan fingerprint density at radius 2 is 2.35 bits per heavy atom. The second kappa shape index (κ2) is 4.78. The van der Waals surface area contributed by atoms with Crippen LogP contribution < -0.4 is 5.73 Å². The third-order valence-corrected chi connectivity index (χ3v) is 2.41. The minimum Gasteiger partial charge on any atom is -0.416 e. The van der Waals surface area contributed by atoms with Crippen molar-refractivity contribution in [2.24, 2.45) is 10.9 Å². The van der Waals surface area contributed by atoms with Crippen LogP contribution in [0, 0.1) is 6.92 Å². The molecule has 0 aromatic carbocycles. The Morgan fingerprint density at radius 1 is 1.53 bits per heavy atom. The fourth-order valence-corrected chi connectivity index (χ4v) is 1.64. The second-order valence-electron chi connectivity index (χ2n) is 2.90. The molecule has 3 N–H and O–H groups in total. The van der Waals surface area contributed by atoms with Crippen LogP contribution in [0.1, 0.15) is 11.6 Å². The van der Waals surface area contributed by atoms with E-state index < -0.39 is 0 Å². The Balaban J connectivity index is 2.22. The highest BCUT2D eigenvalue weighted by Crippen LogP contribution is 2.22. The fraction of sp³-hybridized carbons (Fsp3) is 0.125. The molecule has 0 bridgehead atoms. The van der Waals surface area contributed by atoms with Crippen molar-refractivity contribution in [1.29, 1.82) is 0 Å². The van der Waals surface area contributed by atoms with Gasteiger partial charge in [0.2, 0.25) is 5.89 Å². The number of hydrogen-bond donors (Lipinski definition) is 2. The van der Waals surface area contributed by atoms with E-state index in [1.807, 2.05) is 0 Å². The van der Waals surface area contributed by atoms with Crippen molar-refractivity contribution >= 4 is 17.6 Å². The van der Waals surface area contributed by atoms with Crippen molar-refractivity contribution in [1.82, 2.24) is 20.2 Å². The van der Waals surface area contributed by atoms with Gasteiger partial charge in [0.05, 0.1) is 0 Å². The molecule has 2 heterocycles. The first-order valence-electron chi connectivity index (χ1n) is 4.48. The molecule has 8 nitrogen and oxygen atoms in total. The Hall–Kier alpha value is -2.16. The van der Waals surface area contributed by atoms with Crippen molar-refractivity contribution in [2.45, 2.75) is 17.3 Å². The van der Waals surface area contributed by atoms with Crippen molar-refractivity contribution in [3.8, 4) is 0 Å². The smallest absolute Gasteiger partial charge is 0.284 e. The summed E-state index contributed by atoms with van der Waals surface area (Å²) >= 11 is 1.10. The standard InChI is InChI=1S/C8H8N6O2S/c1-4-12-13-8(16-4)17-7-10-3-2-5(11-7)6(9)14-15/h2-3,15H,1H3,(H2,9,14). The Kier molecular flexibility index (Phi) is 3.19.